The van der Waals surface area contributed by atoms with Crippen LogP contribution in [0.4, 0.5) is 0 Å². The average Bonchev–Trinajstić information content (AvgIpc) is 2.88. The number of primary sulfonamides is 1. The number of hydrogen-bond acceptors (Lipinski definition) is 6. The zero-order chi connectivity index (χ0) is 17.3. The van der Waals surface area contributed by atoms with Crippen molar-refractivity contribution in [2.75, 3.05) is 0 Å². The van der Waals surface area contributed by atoms with Crippen LogP contribution in [0, 0.1) is 0 Å². The molecule has 2 heterocycles. The van der Waals surface area contributed by atoms with Crippen molar-refractivity contribution in [3.05, 3.63) is 47.7 Å². The van der Waals surface area contributed by atoms with E-state index in [1.807, 2.05) is 18.2 Å². The quantitative estimate of drug-likeness (QED) is 0.743. The van der Waals surface area contributed by atoms with Crippen LogP contribution >= 0.6 is 23.4 Å². The van der Waals surface area contributed by atoms with Crippen molar-refractivity contribution in [2.45, 2.75) is 14.9 Å². The Morgan fingerprint density at radius 2 is 1.96 bits per heavy atom. The molecule has 0 aliphatic carbocycles. The standard InChI is InChI=1S/C14H12ClN5O2S2/c1-20-13(9-4-2-3-5-10(9)15)18-19-14(20)23-11-6-7-17-8-12(11)24(16,21)22/h2-8H,1H3,(H2,16,21,22). The first-order chi connectivity index (χ1) is 11.4. The maximum absolute atomic E-state index is 11.7. The largest absolute Gasteiger partial charge is 0.305 e. The van der Waals surface area contributed by atoms with Crippen LogP contribution in [0.1, 0.15) is 0 Å². The zero-order valence-electron chi connectivity index (χ0n) is 12.4. The number of pyridine rings is 1. The second-order valence-electron chi connectivity index (χ2n) is 4.81. The van der Waals surface area contributed by atoms with Crippen molar-refractivity contribution in [2.24, 2.45) is 12.2 Å². The van der Waals surface area contributed by atoms with Gasteiger partial charge in [-0.1, -0.05) is 23.7 Å². The summed E-state index contributed by atoms with van der Waals surface area (Å²) >= 11 is 7.33. The summed E-state index contributed by atoms with van der Waals surface area (Å²) in [4.78, 5) is 4.17. The Morgan fingerprint density at radius 3 is 2.67 bits per heavy atom. The van der Waals surface area contributed by atoms with Crippen LogP contribution in [0.25, 0.3) is 11.4 Å². The topological polar surface area (TPSA) is 104 Å². The van der Waals surface area contributed by atoms with Gasteiger partial charge in [0, 0.05) is 29.9 Å². The highest BCUT2D eigenvalue weighted by Gasteiger charge is 2.19. The van der Waals surface area contributed by atoms with Gasteiger partial charge in [-0.15, -0.1) is 10.2 Å². The molecule has 0 aliphatic heterocycles. The van der Waals surface area contributed by atoms with E-state index in [1.165, 1.54) is 12.4 Å². The molecule has 0 fully saturated rings. The van der Waals surface area contributed by atoms with Crippen LogP contribution in [0.2, 0.25) is 5.02 Å². The van der Waals surface area contributed by atoms with Crippen LogP contribution in [0.15, 0.2) is 57.7 Å². The lowest BCUT2D eigenvalue weighted by Crippen LogP contribution is -2.13. The molecule has 0 amide bonds. The maximum atomic E-state index is 11.7. The summed E-state index contributed by atoms with van der Waals surface area (Å²) in [6.45, 7) is 0. The minimum absolute atomic E-state index is 0.0581. The highest BCUT2D eigenvalue weighted by atomic mass is 35.5. The number of sulfonamides is 1. The third-order valence-electron chi connectivity index (χ3n) is 3.20. The first kappa shape index (κ1) is 16.9. The van der Waals surface area contributed by atoms with Gasteiger partial charge in [0.25, 0.3) is 0 Å². The van der Waals surface area contributed by atoms with Crippen molar-refractivity contribution in [3.8, 4) is 11.4 Å². The van der Waals surface area contributed by atoms with E-state index in [0.717, 1.165) is 17.3 Å². The number of rotatable bonds is 4. The molecular weight excluding hydrogens is 370 g/mol. The average molecular weight is 382 g/mol. The SMILES string of the molecule is Cn1c(Sc2ccncc2S(N)(=O)=O)nnc1-c1ccccc1Cl. The smallest absolute Gasteiger partial charge is 0.240 e. The lowest BCUT2D eigenvalue weighted by atomic mass is 10.2. The third kappa shape index (κ3) is 3.29. The minimum atomic E-state index is -3.88. The number of halogens is 1. The fourth-order valence-corrected chi connectivity index (χ4v) is 4.08. The summed E-state index contributed by atoms with van der Waals surface area (Å²) < 4.78 is 25.1. The summed E-state index contributed by atoms with van der Waals surface area (Å²) in [6, 6.07) is 8.84. The third-order valence-corrected chi connectivity index (χ3v) is 5.72. The van der Waals surface area contributed by atoms with Gasteiger partial charge in [-0.05, 0) is 30.0 Å². The van der Waals surface area contributed by atoms with Crippen molar-refractivity contribution in [1.82, 2.24) is 19.7 Å². The Hall–Kier alpha value is -1.94. The molecule has 7 nitrogen and oxygen atoms in total. The van der Waals surface area contributed by atoms with Crippen molar-refractivity contribution >= 4 is 33.4 Å². The molecule has 1 aromatic carbocycles. The maximum Gasteiger partial charge on any atom is 0.240 e. The molecule has 2 aromatic heterocycles. The highest BCUT2D eigenvalue weighted by Crippen LogP contribution is 2.33. The van der Waals surface area contributed by atoms with E-state index < -0.39 is 10.0 Å². The molecule has 0 saturated heterocycles. The van der Waals surface area contributed by atoms with Crippen LogP contribution in [-0.2, 0) is 17.1 Å². The van der Waals surface area contributed by atoms with Crippen LogP contribution in [0.5, 0.6) is 0 Å². The molecule has 0 atom stereocenters. The normalized spacial score (nSPS) is 11.6. The van der Waals surface area contributed by atoms with Crippen LogP contribution in [0.3, 0.4) is 0 Å². The lowest BCUT2D eigenvalue weighted by molar-refractivity contribution is 0.595. The first-order valence-electron chi connectivity index (χ1n) is 6.67. The predicted molar refractivity (Wildman–Crippen MR) is 91.2 cm³/mol. The molecule has 2 N–H and O–H groups in total. The molecular formula is C14H12ClN5O2S2. The Morgan fingerprint density at radius 1 is 1.21 bits per heavy atom. The van der Waals surface area contributed by atoms with Gasteiger partial charge >= 0.3 is 0 Å². The summed E-state index contributed by atoms with van der Waals surface area (Å²) in [7, 11) is -2.10. The number of aromatic nitrogens is 4. The van der Waals surface area contributed by atoms with Gasteiger partial charge in [0.05, 0.1) is 5.02 Å². The predicted octanol–water partition coefficient (Wildman–Crippen LogP) is 2.33. The number of nitrogens with zero attached hydrogens (tertiary/aromatic N) is 4. The molecule has 0 spiro atoms. The second kappa shape index (κ2) is 6.52. The van der Waals surface area contributed by atoms with Crippen LogP contribution < -0.4 is 5.14 Å². The molecule has 10 heteroatoms. The monoisotopic (exact) mass is 381 g/mol. The highest BCUT2D eigenvalue weighted by molar-refractivity contribution is 8.00. The van der Waals surface area contributed by atoms with Gasteiger partial charge in [-0.25, -0.2) is 13.6 Å². The van der Waals surface area contributed by atoms with Crippen LogP contribution in [-0.4, -0.2) is 28.2 Å². The van der Waals surface area contributed by atoms with Gasteiger partial charge in [0.2, 0.25) is 10.0 Å². The summed E-state index contributed by atoms with van der Waals surface area (Å²) in [5.74, 6) is 0.578. The molecule has 3 rings (SSSR count). The van der Waals surface area contributed by atoms with Gasteiger partial charge < -0.3 is 4.57 Å². The Labute approximate surface area is 147 Å². The number of nitrogens with two attached hydrogens (primary N) is 1. The summed E-state index contributed by atoms with van der Waals surface area (Å²) in [5, 5.41) is 14.5. The van der Waals surface area contributed by atoms with E-state index in [-0.39, 0.29) is 4.90 Å². The molecule has 0 aliphatic rings. The van der Waals surface area contributed by atoms with Gasteiger partial charge in [-0.3, -0.25) is 4.98 Å². The Kier molecular flexibility index (Phi) is 4.59. The Balaban J connectivity index is 2.01. The van der Waals surface area contributed by atoms with E-state index >= 15 is 0 Å². The van der Waals surface area contributed by atoms with E-state index in [9.17, 15) is 8.42 Å². The van der Waals surface area contributed by atoms with E-state index in [2.05, 4.69) is 15.2 Å². The first-order valence-corrected chi connectivity index (χ1v) is 9.41. The molecule has 0 radical (unpaired) electrons. The second-order valence-corrected chi connectivity index (χ2v) is 7.76. The van der Waals surface area contributed by atoms with E-state index in [1.54, 1.807) is 23.7 Å². The van der Waals surface area contributed by atoms with Crippen molar-refractivity contribution in [3.63, 3.8) is 0 Å². The molecule has 3 aromatic rings. The van der Waals surface area contributed by atoms with Crippen molar-refractivity contribution < 1.29 is 8.42 Å². The fraction of sp³-hybridized carbons (Fsp3) is 0.0714. The van der Waals surface area contributed by atoms with Crippen molar-refractivity contribution in [1.29, 1.82) is 0 Å². The fourth-order valence-electron chi connectivity index (χ4n) is 2.04. The zero-order valence-corrected chi connectivity index (χ0v) is 14.8. The van der Waals surface area contributed by atoms with E-state index in [4.69, 9.17) is 16.7 Å². The summed E-state index contributed by atoms with van der Waals surface area (Å²) in [5.41, 5.74) is 0.738. The number of hydrogen-bond donors (Lipinski definition) is 1. The van der Waals surface area contributed by atoms with Gasteiger partial charge in [-0.2, -0.15) is 0 Å². The molecule has 0 unspecified atom stereocenters. The lowest BCUT2D eigenvalue weighted by Gasteiger charge is -2.07. The molecule has 24 heavy (non-hydrogen) atoms. The Bertz CT molecular complexity index is 1000. The van der Waals surface area contributed by atoms with E-state index in [0.29, 0.717) is 20.9 Å². The number of benzene rings is 1. The van der Waals surface area contributed by atoms with Gasteiger partial charge in [0.1, 0.15) is 4.90 Å². The molecule has 0 saturated carbocycles. The van der Waals surface area contributed by atoms with Gasteiger partial charge in [0.15, 0.2) is 11.0 Å². The summed E-state index contributed by atoms with van der Waals surface area (Å²) in [6.07, 6.45) is 2.70. The minimum Gasteiger partial charge on any atom is -0.305 e. The molecule has 0 bridgehead atoms. The molecule has 124 valence electrons.